The summed E-state index contributed by atoms with van der Waals surface area (Å²) in [6.07, 6.45) is 15.2. The van der Waals surface area contributed by atoms with Crippen molar-refractivity contribution in [2.45, 2.75) is 98.3 Å². The van der Waals surface area contributed by atoms with E-state index in [1.165, 1.54) is 70.6 Å². The van der Waals surface area contributed by atoms with Gasteiger partial charge in [0.05, 0.1) is 0 Å². The van der Waals surface area contributed by atoms with E-state index in [0.29, 0.717) is 17.1 Å². The third-order valence-corrected chi connectivity index (χ3v) is 8.51. The zero-order chi connectivity index (χ0) is 17.3. The molecule has 24 heavy (non-hydrogen) atoms. The van der Waals surface area contributed by atoms with Crippen molar-refractivity contribution in [1.82, 2.24) is 0 Å². The molecule has 0 amide bonds. The molecule has 0 saturated heterocycles. The zero-order valence-corrected chi connectivity index (χ0v) is 16.7. The molecule has 0 aliphatic heterocycles. The minimum Gasteiger partial charge on any atom is -0.300 e. The summed E-state index contributed by atoms with van der Waals surface area (Å²) >= 11 is 0. The number of Topliss-reactive ketones (excluding diaryl/α,β-unsaturated/α-hetero) is 1. The molecule has 138 valence electrons. The zero-order valence-electron chi connectivity index (χ0n) is 16.7. The Hall–Kier alpha value is -0.330. The van der Waals surface area contributed by atoms with Crippen molar-refractivity contribution in [3.8, 4) is 0 Å². The fourth-order valence-corrected chi connectivity index (χ4v) is 7.57. The number of fused-ring (bicyclic) bond motifs is 3. The van der Waals surface area contributed by atoms with Crippen molar-refractivity contribution in [2.75, 3.05) is 0 Å². The lowest BCUT2D eigenvalue weighted by atomic mass is 9.52. The molecule has 0 radical (unpaired) electrons. The molecule has 0 aromatic rings. The summed E-state index contributed by atoms with van der Waals surface area (Å²) in [5.74, 6) is 5.57. The van der Waals surface area contributed by atoms with Crippen LogP contribution >= 0.6 is 0 Å². The molecule has 1 nitrogen and oxygen atoms in total. The molecule has 0 N–H and O–H groups in total. The van der Waals surface area contributed by atoms with Gasteiger partial charge in [0.15, 0.2) is 0 Å². The molecule has 1 heteroatoms. The van der Waals surface area contributed by atoms with Crippen LogP contribution in [0, 0.1) is 40.9 Å². The first kappa shape index (κ1) is 18.5. The van der Waals surface area contributed by atoms with E-state index in [1.807, 2.05) is 6.92 Å². The molecule has 0 bridgehead atoms. The van der Waals surface area contributed by atoms with E-state index < -0.39 is 0 Å². The highest BCUT2D eigenvalue weighted by atomic mass is 16.1. The van der Waals surface area contributed by atoms with Gasteiger partial charge < -0.3 is 0 Å². The Morgan fingerprint density at radius 3 is 2.58 bits per heavy atom. The van der Waals surface area contributed by atoms with Gasteiger partial charge in [-0.15, -0.1) is 0 Å². The van der Waals surface area contributed by atoms with Gasteiger partial charge in [0.2, 0.25) is 0 Å². The first-order chi connectivity index (χ1) is 11.5. The average Bonchev–Trinajstić information content (AvgIpc) is 2.95. The van der Waals surface area contributed by atoms with Gasteiger partial charge in [-0.05, 0) is 93.3 Å². The van der Waals surface area contributed by atoms with Crippen LogP contribution in [0.4, 0.5) is 0 Å². The molecule has 2 unspecified atom stereocenters. The van der Waals surface area contributed by atoms with Crippen LogP contribution in [0.5, 0.6) is 0 Å². The number of ketones is 1. The van der Waals surface area contributed by atoms with Crippen molar-refractivity contribution < 1.29 is 4.79 Å². The third kappa shape index (κ3) is 3.21. The van der Waals surface area contributed by atoms with Crippen molar-refractivity contribution in [3.05, 3.63) is 0 Å². The summed E-state index contributed by atoms with van der Waals surface area (Å²) < 4.78 is 0. The lowest BCUT2D eigenvalue weighted by Gasteiger charge is -2.53. The Bertz CT molecular complexity index is 441. The number of rotatable bonds is 6. The molecule has 3 fully saturated rings. The Kier molecular flexibility index (Phi) is 5.77. The third-order valence-electron chi connectivity index (χ3n) is 8.51. The van der Waals surface area contributed by atoms with E-state index >= 15 is 0 Å². The van der Waals surface area contributed by atoms with E-state index in [9.17, 15) is 4.79 Å². The maximum atomic E-state index is 12.3. The number of hydrogen-bond donors (Lipinski definition) is 0. The molecule has 0 aromatic carbocycles. The van der Waals surface area contributed by atoms with Gasteiger partial charge in [0.25, 0.3) is 0 Å². The fraction of sp³-hybridized carbons (Fsp3) is 0.957. The SMILES string of the molecule is CCC[C@H](C)CC1CCC2[C@H](CC[C@]3(CC)[C@@H](C(C)=O)CC[C@@H]23)C1. The molecular formula is C23H40O. The minimum atomic E-state index is 0.384. The van der Waals surface area contributed by atoms with Gasteiger partial charge in [-0.2, -0.15) is 0 Å². The topological polar surface area (TPSA) is 17.1 Å². The van der Waals surface area contributed by atoms with E-state index in [1.54, 1.807) is 0 Å². The molecule has 3 rings (SSSR count). The van der Waals surface area contributed by atoms with Gasteiger partial charge in [-0.3, -0.25) is 4.79 Å². The summed E-state index contributed by atoms with van der Waals surface area (Å²) in [5.41, 5.74) is 0.384. The highest BCUT2D eigenvalue weighted by Crippen LogP contribution is 2.63. The van der Waals surface area contributed by atoms with Crippen molar-refractivity contribution >= 4 is 5.78 Å². The standard InChI is InChI=1S/C23H40O/c1-5-7-16(3)14-18-8-9-20-19(15-18)12-13-23(6-2)21(17(4)24)10-11-22(20)23/h16,18-22H,5-15H2,1-4H3/t16-,18?,19+,20?,21+,22-,23+/m0/s1. The quantitative estimate of drug-likeness (QED) is 0.532. The Morgan fingerprint density at radius 2 is 1.92 bits per heavy atom. The number of carbonyl (C=O) groups is 1. The van der Waals surface area contributed by atoms with E-state index in [-0.39, 0.29) is 0 Å². The first-order valence-electron chi connectivity index (χ1n) is 11.0. The molecule has 0 aromatic heterocycles. The molecule has 3 saturated carbocycles. The van der Waals surface area contributed by atoms with Crippen molar-refractivity contribution in [1.29, 1.82) is 0 Å². The second-order valence-electron chi connectivity index (χ2n) is 9.71. The lowest BCUT2D eigenvalue weighted by molar-refractivity contribution is -0.128. The summed E-state index contributed by atoms with van der Waals surface area (Å²) in [6.45, 7) is 9.02. The van der Waals surface area contributed by atoms with Crippen LogP contribution in [0.3, 0.4) is 0 Å². The monoisotopic (exact) mass is 332 g/mol. The van der Waals surface area contributed by atoms with Crippen LogP contribution in [0.2, 0.25) is 0 Å². The highest BCUT2D eigenvalue weighted by molar-refractivity contribution is 5.79. The highest BCUT2D eigenvalue weighted by Gasteiger charge is 2.57. The largest absolute Gasteiger partial charge is 0.300 e. The number of carbonyl (C=O) groups excluding carboxylic acids is 1. The fourth-order valence-electron chi connectivity index (χ4n) is 7.57. The number of hydrogen-bond acceptors (Lipinski definition) is 1. The second-order valence-corrected chi connectivity index (χ2v) is 9.71. The molecular weight excluding hydrogens is 292 g/mol. The second kappa shape index (κ2) is 7.50. The van der Waals surface area contributed by atoms with Crippen molar-refractivity contribution in [2.24, 2.45) is 40.9 Å². The van der Waals surface area contributed by atoms with Crippen LogP contribution in [0.15, 0.2) is 0 Å². The van der Waals surface area contributed by atoms with Crippen LogP contribution in [0.25, 0.3) is 0 Å². The van der Waals surface area contributed by atoms with Gasteiger partial charge in [-0.25, -0.2) is 0 Å². The predicted octanol–water partition coefficient (Wildman–Crippen LogP) is 6.65. The van der Waals surface area contributed by atoms with Crippen LogP contribution in [-0.2, 0) is 4.79 Å². The average molecular weight is 333 g/mol. The molecule has 0 spiro atoms. The predicted molar refractivity (Wildman–Crippen MR) is 102 cm³/mol. The van der Waals surface area contributed by atoms with Gasteiger partial charge in [0, 0.05) is 5.92 Å². The van der Waals surface area contributed by atoms with Crippen LogP contribution < -0.4 is 0 Å². The van der Waals surface area contributed by atoms with Crippen LogP contribution in [-0.4, -0.2) is 5.78 Å². The molecule has 7 atom stereocenters. The van der Waals surface area contributed by atoms with E-state index in [4.69, 9.17) is 0 Å². The smallest absolute Gasteiger partial charge is 0.133 e. The van der Waals surface area contributed by atoms with E-state index in [0.717, 1.165) is 29.6 Å². The molecule has 0 heterocycles. The molecule has 3 aliphatic rings. The Balaban J connectivity index is 1.67. The van der Waals surface area contributed by atoms with Gasteiger partial charge >= 0.3 is 0 Å². The lowest BCUT2D eigenvalue weighted by Crippen LogP contribution is -2.46. The minimum absolute atomic E-state index is 0.384. The first-order valence-corrected chi connectivity index (χ1v) is 11.0. The summed E-state index contributed by atoms with van der Waals surface area (Å²) in [7, 11) is 0. The van der Waals surface area contributed by atoms with Gasteiger partial charge in [0.1, 0.15) is 5.78 Å². The summed E-state index contributed by atoms with van der Waals surface area (Å²) in [5, 5.41) is 0. The van der Waals surface area contributed by atoms with Gasteiger partial charge in [-0.1, -0.05) is 40.0 Å². The maximum absolute atomic E-state index is 12.3. The maximum Gasteiger partial charge on any atom is 0.133 e. The van der Waals surface area contributed by atoms with Crippen molar-refractivity contribution in [3.63, 3.8) is 0 Å². The summed E-state index contributed by atoms with van der Waals surface area (Å²) in [6, 6.07) is 0. The van der Waals surface area contributed by atoms with Crippen LogP contribution in [0.1, 0.15) is 98.3 Å². The Labute approximate surface area is 150 Å². The van der Waals surface area contributed by atoms with E-state index in [2.05, 4.69) is 20.8 Å². The normalized spacial score (nSPS) is 43.1. The Morgan fingerprint density at radius 1 is 1.12 bits per heavy atom. The molecule has 3 aliphatic carbocycles. The summed E-state index contributed by atoms with van der Waals surface area (Å²) in [4.78, 5) is 12.3.